The van der Waals surface area contributed by atoms with Crippen LogP contribution in [0.3, 0.4) is 0 Å². The van der Waals surface area contributed by atoms with Crippen molar-refractivity contribution in [2.75, 3.05) is 11.9 Å². The van der Waals surface area contributed by atoms with E-state index in [-0.39, 0.29) is 29.4 Å². The van der Waals surface area contributed by atoms with Crippen LogP contribution >= 0.6 is 0 Å². The molecule has 2 aromatic rings. The highest BCUT2D eigenvalue weighted by molar-refractivity contribution is 5.87. The van der Waals surface area contributed by atoms with Gasteiger partial charge in [-0.15, -0.1) is 0 Å². The van der Waals surface area contributed by atoms with Crippen LogP contribution in [0.5, 0.6) is 0 Å². The fourth-order valence-electron chi connectivity index (χ4n) is 3.97. The maximum atomic E-state index is 14.1. The van der Waals surface area contributed by atoms with Gasteiger partial charge in [-0.3, -0.25) is 0 Å². The van der Waals surface area contributed by atoms with Gasteiger partial charge in [0.25, 0.3) is 0 Å². The van der Waals surface area contributed by atoms with Crippen molar-refractivity contribution in [1.29, 1.82) is 0 Å². The molecule has 0 radical (unpaired) electrons. The lowest BCUT2D eigenvalue weighted by Gasteiger charge is -2.43. The second kappa shape index (κ2) is 6.15. The first-order chi connectivity index (χ1) is 12.0. The molecule has 1 fully saturated rings. The Morgan fingerprint density at radius 1 is 1.28 bits per heavy atom. The summed E-state index contributed by atoms with van der Waals surface area (Å²) in [5.41, 5.74) is 3.66. The standard InChI is InChI=1S/C20H20FNO3/c1-11-9-15-17(10-16(11)21)22-18(14-3-2-8-25-19(14)15)12-4-6-13(7-5-12)20(23)24/h4-7,9-10,14,18-19,22H,2-3,8H2,1H3,(H,23,24)/t14-,18-,19-/m1/s1. The van der Waals surface area contributed by atoms with Crippen LogP contribution < -0.4 is 5.32 Å². The molecule has 2 aromatic carbocycles. The molecule has 1 saturated heterocycles. The molecular weight excluding hydrogens is 321 g/mol. The first kappa shape index (κ1) is 16.1. The van der Waals surface area contributed by atoms with Gasteiger partial charge in [-0.1, -0.05) is 12.1 Å². The zero-order valence-electron chi connectivity index (χ0n) is 14.0. The summed E-state index contributed by atoms with van der Waals surface area (Å²) in [6.45, 7) is 2.48. The van der Waals surface area contributed by atoms with Crippen molar-refractivity contribution in [2.45, 2.75) is 31.9 Å². The molecule has 0 unspecified atom stereocenters. The fraction of sp³-hybridized carbons (Fsp3) is 0.350. The van der Waals surface area contributed by atoms with Gasteiger partial charge in [-0.25, -0.2) is 9.18 Å². The van der Waals surface area contributed by atoms with Crippen molar-refractivity contribution in [3.05, 3.63) is 64.5 Å². The van der Waals surface area contributed by atoms with E-state index in [0.717, 1.165) is 29.7 Å². The van der Waals surface area contributed by atoms with Crippen LogP contribution in [0.1, 0.15) is 52.0 Å². The Hall–Kier alpha value is -2.40. The number of aryl methyl sites for hydroxylation is 1. The summed E-state index contributed by atoms with van der Waals surface area (Å²) in [7, 11) is 0. The zero-order chi connectivity index (χ0) is 17.6. The molecule has 0 saturated carbocycles. The molecule has 2 N–H and O–H groups in total. The molecule has 3 atom stereocenters. The average Bonchev–Trinajstić information content (AvgIpc) is 2.62. The summed E-state index contributed by atoms with van der Waals surface area (Å²) in [6, 6.07) is 10.3. The monoisotopic (exact) mass is 341 g/mol. The molecule has 2 aliphatic rings. The van der Waals surface area contributed by atoms with Gasteiger partial charge in [-0.2, -0.15) is 0 Å². The predicted octanol–water partition coefficient (Wildman–Crippen LogP) is 4.47. The molecule has 4 nitrogen and oxygen atoms in total. The predicted molar refractivity (Wildman–Crippen MR) is 92.3 cm³/mol. The van der Waals surface area contributed by atoms with Crippen LogP contribution in [0.25, 0.3) is 0 Å². The Balaban J connectivity index is 1.75. The maximum Gasteiger partial charge on any atom is 0.335 e. The largest absolute Gasteiger partial charge is 0.478 e. The van der Waals surface area contributed by atoms with Crippen molar-refractivity contribution in [2.24, 2.45) is 5.92 Å². The second-order valence-corrected chi connectivity index (χ2v) is 6.84. The lowest BCUT2D eigenvalue weighted by Crippen LogP contribution is -2.36. The van der Waals surface area contributed by atoms with Crippen molar-refractivity contribution in [3.63, 3.8) is 0 Å². The van der Waals surface area contributed by atoms with Crippen LogP contribution in [0.4, 0.5) is 10.1 Å². The number of ether oxygens (including phenoxy) is 1. The number of carboxylic acids is 1. The summed E-state index contributed by atoms with van der Waals surface area (Å²) in [4.78, 5) is 11.1. The molecule has 0 bridgehead atoms. The van der Waals surface area contributed by atoms with Crippen molar-refractivity contribution >= 4 is 11.7 Å². The number of nitrogens with one attached hydrogen (secondary N) is 1. The van der Waals surface area contributed by atoms with E-state index < -0.39 is 5.97 Å². The van der Waals surface area contributed by atoms with Gasteiger partial charge >= 0.3 is 5.97 Å². The minimum atomic E-state index is -0.940. The van der Waals surface area contributed by atoms with E-state index in [1.807, 2.05) is 18.2 Å². The van der Waals surface area contributed by atoms with Crippen LogP contribution in [0, 0.1) is 18.7 Å². The minimum absolute atomic E-state index is 0.0252. The maximum absolute atomic E-state index is 14.1. The third-order valence-corrected chi connectivity index (χ3v) is 5.26. The molecule has 4 rings (SSSR count). The Labute approximate surface area is 145 Å². The number of aromatic carboxylic acids is 1. The van der Waals surface area contributed by atoms with Crippen molar-refractivity contribution in [3.8, 4) is 0 Å². The van der Waals surface area contributed by atoms with Gasteiger partial charge in [0.1, 0.15) is 5.82 Å². The zero-order valence-corrected chi connectivity index (χ0v) is 14.0. The average molecular weight is 341 g/mol. The SMILES string of the molecule is Cc1cc2c(cc1F)N[C@H](c1ccc(C(=O)O)cc1)[C@H]1CCCO[C@@H]21. The number of fused-ring (bicyclic) bond motifs is 3. The molecule has 0 amide bonds. The number of carbonyl (C=O) groups is 1. The van der Waals surface area contributed by atoms with Gasteiger partial charge in [0.2, 0.25) is 0 Å². The molecule has 0 spiro atoms. The Morgan fingerprint density at radius 3 is 2.76 bits per heavy atom. The number of anilines is 1. The van der Waals surface area contributed by atoms with E-state index in [4.69, 9.17) is 9.84 Å². The number of hydrogen-bond acceptors (Lipinski definition) is 3. The number of rotatable bonds is 2. The van der Waals surface area contributed by atoms with Crippen molar-refractivity contribution < 1.29 is 19.0 Å². The molecule has 130 valence electrons. The number of benzene rings is 2. The topological polar surface area (TPSA) is 58.6 Å². The normalized spacial score (nSPS) is 24.8. The van der Waals surface area contributed by atoms with E-state index in [0.29, 0.717) is 12.2 Å². The van der Waals surface area contributed by atoms with E-state index in [2.05, 4.69) is 5.32 Å². The van der Waals surface area contributed by atoms with Gasteiger partial charge in [0.15, 0.2) is 0 Å². The summed E-state index contributed by atoms with van der Waals surface area (Å²) >= 11 is 0. The lowest BCUT2D eigenvalue weighted by molar-refractivity contribution is -0.0382. The second-order valence-electron chi connectivity index (χ2n) is 6.84. The molecular formula is C20H20FNO3. The first-order valence-electron chi connectivity index (χ1n) is 8.56. The first-order valence-corrected chi connectivity index (χ1v) is 8.56. The number of halogens is 1. The van der Waals surface area contributed by atoms with Gasteiger partial charge in [0, 0.05) is 23.8 Å². The smallest absolute Gasteiger partial charge is 0.335 e. The quantitative estimate of drug-likeness (QED) is 0.846. The van der Waals surface area contributed by atoms with Crippen LogP contribution in [0.15, 0.2) is 36.4 Å². The summed E-state index contributed by atoms with van der Waals surface area (Å²) in [5, 5.41) is 12.5. The summed E-state index contributed by atoms with van der Waals surface area (Å²) in [5.74, 6) is -0.938. The third kappa shape index (κ3) is 2.78. The highest BCUT2D eigenvalue weighted by Crippen LogP contribution is 2.49. The van der Waals surface area contributed by atoms with Crippen molar-refractivity contribution in [1.82, 2.24) is 0 Å². The van der Waals surface area contributed by atoms with E-state index in [1.54, 1.807) is 19.1 Å². The minimum Gasteiger partial charge on any atom is -0.478 e. The summed E-state index contributed by atoms with van der Waals surface area (Å²) < 4.78 is 20.1. The molecule has 2 heterocycles. The molecule has 0 aromatic heterocycles. The highest BCUT2D eigenvalue weighted by atomic mass is 19.1. The fourth-order valence-corrected chi connectivity index (χ4v) is 3.97. The number of carboxylic acid groups (broad SMARTS) is 1. The Morgan fingerprint density at radius 2 is 2.04 bits per heavy atom. The Bertz CT molecular complexity index is 818. The third-order valence-electron chi connectivity index (χ3n) is 5.26. The van der Waals surface area contributed by atoms with E-state index in [1.165, 1.54) is 6.07 Å². The lowest BCUT2D eigenvalue weighted by atomic mass is 9.77. The summed E-state index contributed by atoms with van der Waals surface area (Å²) in [6.07, 6.45) is 1.94. The van der Waals surface area contributed by atoms with E-state index >= 15 is 0 Å². The highest BCUT2D eigenvalue weighted by Gasteiger charge is 2.40. The Kier molecular flexibility index (Phi) is 3.96. The van der Waals surface area contributed by atoms with Gasteiger partial charge in [-0.05, 0) is 55.2 Å². The van der Waals surface area contributed by atoms with Crippen LogP contribution in [0.2, 0.25) is 0 Å². The molecule has 25 heavy (non-hydrogen) atoms. The van der Waals surface area contributed by atoms with Gasteiger partial charge < -0.3 is 15.2 Å². The molecule has 0 aliphatic carbocycles. The molecule has 5 heteroatoms. The van der Waals surface area contributed by atoms with Crippen LogP contribution in [-0.4, -0.2) is 17.7 Å². The van der Waals surface area contributed by atoms with E-state index in [9.17, 15) is 9.18 Å². The van der Waals surface area contributed by atoms with Crippen LogP contribution in [-0.2, 0) is 4.74 Å². The molecule has 2 aliphatic heterocycles. The number of hydrogen-bond donors (Lipinski definition) is 2. The van der Waals surface area contributed by atoms with Gasteiger partial charge in [0.05, 0.1) is 17.7 Å².